The van der Waals surface area contributed by atoms with Gasteiger partial charge in [-0.25, -0.2) is 0 Å². The van der Waals surface area contributed by atoms with Crippen LogP contribution in [-0.4, -0.2) is 54.4 Å². The third-order valence-corrected chi connectivity index (χ3v) is 4.58. The average Bonchev–Trinajstić information content (AvgIpc) is 3.03. The van der Waals surface area contributed by atoms with Gasteiger partial charge in [0.05, 0.1) is 0 Å². The molecule has 0 saturated carbocycles. The maximum absolute atomic E-state index is 12.0. The van der Waals surface area contributed by atoms with E-state index in [1.54, 1.807) is 19.0 Å². The highest BCUT2D eigenvalue weighted by Crippen LogP contribution is 2.26. The number of amides is 1. The maximum Gasteiger partial charge on any atom is 0.269 e. The zero-order valence-electron chi connectivity index (χ0n) is 14.5. The van der Waals surface area contributed by atoms with Crippen LogP contribution in [0.1, 0.15) is 27.8 Å². The molecule has 1 atom stereocenters. The Labute approximate surface area is 159 Å². The molecule has 25 heavy (non-hydrogen) atoms. The molecular weight excluding hydrogens is 359 g/mol. The van der Waals surface area contributed by atoms with Crippen LogP contribution in [0, 0.1) is 0 Å². The van der Waals surface area contributed by atoms with Gasteiger partial charge < -0.3 is 15.2 Å². The summed E-state index contributed by atoms with van der Waals surface area (Å²) >= 11 is 6.15. The SMILES string of the molecule is CN(C)C(=O)c1ccc(CN2CCNCC2c2cccc(Cl)c2)[nH]1.Cl. The first-order valence-electron chi connectivity index (χ1n) is 8.14. The lowest BCUT2D eigenvalue weighted by Gasteiger charge is -2.36. The van der Waals surface area contributed by atoms with E-state index in [0.29, 0.717) is 5.69 Å². The van der Waals surface area contributed by atoms with Crippen molar-refractivity contribution in [2.24, 2.45) is 0 Å². The number of rotatable bonds is 4. The van der Waals surface area contributed by atoms with E-state index in [1.165, 1.54) is 5.56 Å². The van der Waals surface area contributed by atoms with Gasteiger partial charge in [0.2, 0.25) is 0 Å². The van der Waals surface area contributed by atoms with E-state index >= 15 is 0 Å². The lowest BCUT2D eigenvalue weighted by molar-refractivity contribution is 0.0822. The van der Waals surface area contributed by atoms with Gasteiger partial charge in [0.1, 0.15) is 5.69 Å². The van der Waals surface area contributed by atoms with Crippen molar-refractivity contribution in [3.05, 3.63) is 58.4 Å². The summed E-state index contributed by atoms with van der Waals surface area (Å²) in [7, 11) is 3.52. The molecule has 3 rings (SSSR count). The molecule has 1 unspecified atom stereocenters. The number of benzene rings is 1. The van der Waals surface area contributed by atoms with Gasteiger partial charge in [-0.3, -0.25) is 9.69 Å². The molecule has 0 bridgehead atoms. The second-order valence-corrected chi connectivity index (χ2v) is 6.78. The molecule has 0 spiro atoms. The van der Waals surface area contributed by atoms with Crippen LogP contribution < -0.4 is 5.32 Å². The van der Waals surface area contributed by atoms with Crippen molar-refractivity contribution in [1.82, 2.24) is 20.1 Å². The lowest BCUT2D eigenvalue weighted by Crippen LogP contribution is -2.45. The van der Waals surface area contributed by atoms with E-state index in [-0.39, 0.29) is 24.4 Å². The van der Waals surface area contributed by atoms with E-state index in [4.69, 9.17) is 11.6 Å². The van der Waals surface area contributed by atoms with Crippen LogP contribution in [0.4, 0.5) is 0 Å². The predicted molar refractivity (Wildman–Crippen MR) is 104 cm³/mol. The second-order valence-electron chi connectivity index (χ2n) is 6.34. The fourth-order valence-electron chi connectivity index (χ4n) is 3.10. The average molecular weight is 383 g/mol. The van der Waals surface area contributed by atoms with Crippen LogP contribution in [0.15, 0.2) is 36.4 Å². The minimum atomic E-state index is -0.00653. The van der Waals surface area contributed by atoms with Crippen molar-refractivity contribution < 1.29 is 4.79 Å². The van der Waals surface area contributed by atoms with Gasteiger partial charge in [-0.15, -0.1) is 12.4 Å². The number of nitrogens with one attached hydrogen (secondary N) is 2. The van der Waals surface area contributed by atoms with Crippen LogP contribution in [0.3, 0.4) is 0 Å². The molecule has 5 nitrogen and oxygen atoms in total. The molecule has 1 aliphatic rings. The van der Waals surface area contributed by atoms with Crippen molar-refractivity contribution in [1.29, 1.82) is 0 Å². The van der Waals surface area contributed by atoms with E-state index in [1.807, 2.05) is 30.3 Å². The molecule has 1 aromatic carbocycles. The summed E-state index contributed by atoms with van der Waals surface area (Å²) in [5.41, 5.74) is 2.89. The molecule has 1 fully saturated rings. The molecule has 0 aliphatic carbocycles. The van der Waals surface area contributed by atoms with Gasteiger partial charge in [0.15, 0.2) is 0 Å². The summed E-state index contributed by atoms with van der Waals surface area (Å²) in [5, 5.41) is 4.21. The highest BCUT2D eigenvalue weighted by atomic mass is 35.5. The van der Waals surface area contributed by atoms with Crippen molar-refractivity contribution in [2.75, 3.05) is 33.7 Å². The smallest absolute Gasteiger partial charge is 0.269 e. The van der Waals surface area contributed by atoms with Crippen LogP contribution in [0.2, 0.25) is 5.02 Å². The monoisotopic (exact) mass is 382 g/mol. The van der Waals surface area contributed by atoms with Crippen molar-refractivity contribution in [2.45, 2.75) is 12.6 Å². The van der Waals surface area contributed by atoms with Gasteiger partial charge in [0, 0.05) is 57.0 Å². The van der Waals surface area contributed by atoms with E-state index < -0.39 is 0 Å². The first-order chi connectivity index (χ1) is 11.5. The number of hydrogen-bond acceptors (Lipinski definition) is 3. The number of carbonyl (C=O) groups is 1. The Morgan fingerprint density at radius 2 is 2.12 bits per heavy atom. The fourth-order valence-corrected chi connectivity index (χ4v) is 3.29. The molecule has 7 heteroatoms. The van der Waals surface area contributed by atoms with Crippen molar-refractivity contribution in [3.63, 3.8) is 0 Å². The summed E-state index contributed by atoms with van der Waals surface area (Å²) in [6.45, 7) is 3.58. The van der Waals surface area contributed by atoms with Crippen molar-refractivity contribution >= 4 is 29.9 Å². The summed E-state index contributed by atoms with van der Waals surface area (Å²) in [5.74, 6) is -0.00653. The quantitative estimate of drug-likeness (QED) is 0.854. The molecule has 1 saturated heterocycles. The summed E-state index contributed by atoms with van der Waals surface area (Å²) in [6, 6.07) is 12.2. The predicted octanol–water partition coefficient (Wildman–Crippen LogP) is 2.94. The van der Waals surface area contributed by atoms with Crippen molar-refractivity contribution in [3.8, 4) is 0 Å². The molecule has 1 amide bonds. The number of H-pyrrole nitrogens is 1. The van der Waals surface area contributed by atoms with E-state index in [0.717, 1.165) is 36.9 Å². The standard InChI is InChI=1S/C18H23ClN4O.ClH/c1-22(2)18(24)16-7-6-15(21-16)12-23-9-8-20-11-17(23)13-4-3-5-14(19)10-13;/h3-7,10,17,20-21H,8-9,11-12H2,1-2H3;1H. The third-order valence-electron chi connectivity index (χ3n) is 4.34. The Morgan fingerprint density at radius 1 is 1.32 bits per heavy atom. The Morgan fingerprint density at radius 3 is 2.84 bits per heavy atom. The van der Waals surface area contributed by atoms with Gasteiger partial charge in [-0.1, -0.05) is 23.7 Å². The summed E-state index contributed by atoms with van der Waals surface area (Å²) in [4.78, 5) is 19.3. The maximum atomic E-state index is 12.0. The minimum absolute atomic E-state index is 0. The molecule has 136 valence electrons. The van der Waals surface area contributed by atoms with Gasteiger partial charge in [0.25, 0.3) is 5.91 Å². The number of aromatic amines is 1. The van der Waals surface area contributed by atoms with Gasteiger partial charge >= 0.3 is 0 Å². The third kappa shape index (κ3) is 4.76. The van der Waals surface area contributed by atoms with Crippen LogP contribution >= 0.6 is 24.0 Å². The Hall–Kier alpha value is -1.53. The fraction of sp³-hybridized carbons (Fsp3) is 0.389. The molecule has 2 heterocycles. The molecular formula is C18H24Cl2N4O. The zero-order valence-corrected chi connectivity index (χ0v) is 16.0. The molecule has 2 N–H and O–H groups in total. The first-order valence-corrected chi connectivity index (χ1v) is 8.52. The number of hydrogen-bond donors (Lipinski definition) is 2. The van der Waals surface area contributed by atoms with Gasteiger partial charge in [-0.2, -0.15) is 0 Å². The Balaban J connectivity index is 0.00000225. The zero-order chi connectivity index (χ0) is 17.1. The number of aromatic nitrogens is 1. The molecule has 1 aliphatic heterocycles. The Bertz CT molecular complexity index is 717. The topological polar surface area (TPSA) is 51.4 Å². The highest BCUT2D eigenvalue weighted by molar-refractivity contribution is 6.30. The first kappa shape index (κ1) is 19.8. The largest absolute Gasteiger partial charge is 0.353 e. The minimum Gasteiger partial charge on any atom is -0.353 e. The molecule has 1 aromatic heterocycles. The van der Waals surface area contributed by atoms with Crippen LogP contribution in [0.5, 0.6) is 0 Å². The molecule has 2 aromatic rings. The number of carbonyl (C=O) groups excluding carboxylic acids is 1. The number of halogens is 2. The summed E-state index contributed by atoms with van der Waals surface area (Å²) in [6.07, 6.45) is 0. The van der Waals surface area contributed by atoms with Gasteiger partial charge in [-0.05, 0) is 29.8 Å². The Kier molecular flexibility index (Phi) is 6.90. The van der Waals surface area contributed by atoms with Crippen LogP contribution in [0.25, 0.3) is 0 Å². The normalized spacial score (nSPS) is 17.8. The van der Waals surface area contributed by atoms with Crippen LogP contribution in [-0.2, 0) is 6.54 Å². The second kappa shape index (κ2) is 8.72. The highest BCUT2D eigenvalue weighted by Gasteiger charge is 2.24. The summed E-state index contributed by atoms with van der Waals surface area (Å²) < 4.78 is 0. The van der Waals surface area contributed by atoms with E-state index in [2.05, 4.69) is 21.3 Å². The number of piperazine rings is 1. The number of nitrogens with zero attached hydrogens (tertiary/aromatic N) is 2. The van der Waals surface area contributed by atoms with E-state index in [9.17, 15) is 4.79 Å². The lowest BCUT2D eigenvalue weighted by atomic mass is 10.0. The molecule has 0 radical (unpaired) electrons.